The average molecular weight is 174 g/mol. The molecule has 0 saturated carbocycles. The van der Waals surface area contributed by atoms with Gasteiger partial charge in [-0.15, -0.1) is 0 Å². The first-order valence-corrected chi connectivity index (χ1v) is 3.95. The van der Waals surface area contributed by atoms with Gasteiger partial charge in [-0.2, -0.15) is 0 Å². The van der Waals surface area contributed by atoms with Crippen molar-refractivity contribution in [3.8, 4) is 5.75 Å². The molecular formula is C10H6O3. The summed E-state index contributed by atoms with van der Waals surface area (Å²) in [4.78, 5) is 0. The minimum absolute atomic E-state index is 0.125. The Bertz CT molecular complexity index is 569. The molecule has 2 aromatic carbocycles. The Balaban J connectivity index is 2.61. The number of phenols is 1. The molecule has 3 heteroatoms. The predicted octanol–water partition coefficient (Wildman–Crippen LogP) is 2.88. The molecule has 0 unspecified atom stereocenters. The van der Waals surface area contributed by atoms with Crippen molar-refractivity contribution in [1.29, 1.82) is 0 Å². The summed E-state index contributed by atoms with van der Waals surface area (Å²) in [5, 5.41) is 11.4. The summed E-state index contributed by atoms with van der Waals surface area (Å²) < 4.78 is 9.48. The normalized spacial score (nSPS) is 11.4. The molecule has 0 amide bonds. The van der Waals surface area contributed by atoms with Crippen LogP contribution < -0.4 is 0 Å². The molecule has 0 aliphatic carbocycles. The van der Waals surface area contributed by atoms with Crippen molar-refractivity contribution in [3.05, 3.63) is 30.3 Å². The third-order valence-corrected chi connectivity index (χ3v) is 2.14. The lowest BCUT2D eigenvalue weighted by Gasteiger charge is -2.04. The second-order valence-corrected chi connectivity index (χ2v) is 2.94. The molecule has 13 heavy (non-hydrogen) atoms. The van der Waals surface area contributed by atoms with E-state index in [4.69, 9.17) is 4.58 Å². The van der Waals surface area contributed by atoms with Gasteiger partial charge in [0.25, 0.3) is 5.58 Å². The van der Waals surface area contributed by atoms with Crippen LogP contribution in [0.4, 0.5) is 0 Å². The van der Waals surface area contributed by atoms with E-state index in [0.717, 1.165) is 10.8 Å². The van der Waals surface area contributed by atoms with Crippen molar-refractivity contribution in [2.45, 2.75) is 0 Å². The van der Waals surface area contributed by atoms with Crippen molar-refractivity contribution in [3.63, 3.8) is 0 Å². The highest BCUT2D eigenvalue weighted by Crippen LogP contribution is 2.34. The third-order valence-electron chi connectivity index (χ3n) is 2.14. The summed E-state index contributed by atoms with van der Waals surface area (Å²) in [5.74, 6) is 0.125. The van der Waals surface area contributed by atoms with E-state index in [0.29, 0.717) is 11.2 Å². The largest absolute Gasteiger partial charge is 0.504 e. The molecule has 3 rings (SSSR count). The van der Waals surface area contributed by atoms with Gasteiger partial charge < -0.3 is 5.11 Å². The van der Waals surface area contributed by atoms with Crippen molar-refractivity contribution in [2.24, 2.45) is 0 Å². The quantitative estimate of drug-likeness (QED) is 0.533. The van der Waals surface area contributed by atoms with Gasteiger partial charge in [-0.1, -0.05) is 24.3 Å². The molecule has 64 valence electrons. The van der Waals surface area contributed by atoms with Gasteiger partial charge in [-0.05, 0) is 11.5 Å². The molecular weight excluding hydrogens is 168 g/mol. The topological polar surface area (TPSA) is 46.5 Å². The van der Waals surface area contributed by atoms with Gasteiger partial charge >= 0.3 is 0 Å². The zero-order chi connectivity index (χ0) is 8.84. The highest BCUT2D eigenvalue weighted by molar-refractivity contribution is 6.05. The van der Waals surface area contributed by atoms with Crippen LogP contribution in [-0.2, 0) is 0 Å². The fraction of sp³-hybridized carbons (Fsp3) is 0. The van der Waals surface area contributed by atoms with E-state index in [-0.39, 0.29) is 5.75 Å². The number of benzene rings is 2. The first-order valence-electron chi connectivity index (χ1n) is 3.95. The van der Waals surface area contributed by atoms with Crippen LogP contribution in [0.15, 0.2) is 39.5 Å². The van der Waals surface area contributed by atoms with Crippen LogP contribution in [0, 0.1) is 0 Å². The number of phenolic OH excluding ortho intramolecular Hbond substituents is 1. The van der Waals surface area contributed by atoms with Gasteiger partial charge in [-0.25, -0.2) is 0 Å². The monoisotopic (exact) mass is 174 g/mol. The Morgan fingerprint density at radius 2 is 1.77 bits per heavy atom. The molecule has 3 nitrogen and oxygen atoms in total. The summed E-state index contributed by atoms with van der Waals surface area (Å²) in [5.41, 5.74) is 1.05. The van der Waals surface area contributed by atoms with E-state index >= 15 is 0 Å². The van der Waals surface area contributed by atoms with Crippen molar-refractivity contribution < 1.29 is 14.3 Å². The lowest BCUT2D eigenvalue weighted by molar-refractivity contribution is 0.0580. The smallest absolute Gasteiger partial charge is 0.267 e. The number of aromatic hydroxyl groups is 1. The molecule has 0 aliphatic rings. The molecule has 0 fully saturated rings. The van der Waals surface area contributed by atoms with E-state index in [2.05, 4.69) is 4.58 Å². The zero-order valence-corrected chi connectivity index (χ0v) is 6.65. The summed E-state index contributed by atoms with van der Waals surface area (Å²) in [6.45, 7) is 0. The lowest BCUT2D eigenvalue weighted by Crippen LogP contribution is -1.80. The maximum absolute atomic E-state index is 9.44. The predicted molar refractivity (Wildman–Crippen MR) is 47.7 cm³/mol. The number of hydrogen-bond donors (Lipinski definition) is 1. The third kappa shape index (κ3) is 0.731. The van der Waals surface area contributed by atoms with Gasteiger partial charge in [0, 0.05) is 5.39 Å². The van der Waals surface area contributed by atoms with Crippen LogP contribution >= 0.6 is 0 Å². The van der Waals surface area contributed by atoms with Crippen LogP contribution in [0.1, 0.15) is 0 Å². The van der Waals surface area contributed by atoms with Crippen LogP contribution in [0.2, 0.25) is 0 Å². The highest BCUT2D eigenvalue weighted by Gasteiger charge is 2.13. The van der Waals surface area contributed by atoms with E-state index in [9.17, 15) is 5.11 Å². The van der Waals surface area contributed by atoms with Crippen LogP contribution in [-0.4, -0.2) is 5.11 Å². The second-order valence-electron chi connectivity index (χ2n) is 2.94. The van der Waals surface area contributed by atoms with Gasteiger partial charge in [-0.3, -0.25) is 9.15 Å². The average Bonchev–Trinajstić information content (AvgIpc) is 2.04. The van der Waals surface area contributed by atoms with Crippen molar-refractivity contribution in [1.82, 2.24) is 0 Å². The Hall–Kier alpha value is -1.90. The molecule has 0 saturated heterocycles. The first-order chi connectivity index (χ1) is 6.36. The highest BCUT2D eigenvalue weighted by atomic mass is 17.0. The molecule has 1 aromatic heterocycles. The maximum Gasteiger partial charge on any atom is 0.267 e. The SMILES string of the molecule is Oc1cc2ccccc2c2ooc12. The first kappa shape index (κ1) is 6.60. The molecule has 0 atom stereocenters. The van der Waals surface area contributed by atoms with E-state index in [1.807, 2.05) is 24.3 Å². The Morgan fingerprint density at radius 1 is 1.00 bits per heavy atom. The minimum atomic E-state index is 0.125. The van der Waals surface area contributed by atoms with Crippen LogP contribution in [0.5, 0.6) is 5.75 Å². The van der Waals surface area contributed by atoms with E-state index in [1.54, 1.807) is 6.07 Å². The Labute approximate surface area is 73.1 Å². The molecule has 0 bridgehead atoms. The van der Waals surface area contributed by atoms with Crippen molar-refractivity contribution in [2.75, 3.05) is 0 Å². The molecule has 0 aliphatic heterocycles. The summed E-state index contributed by atoms with van der Waals surface area (Å²) >= 11 is 0. The molecule has 3 aromatic rings. The van der Waals surface area contributed by atoms with E-state index in [1.165, 1.54) is 0 Å². The fourth-order valence-corrected chi connectivity index (χ4v) is 1.49. The molecule has 0 radical (unpaired) electrons. The molecule has 1 N–H and O–H groups in total. The van der Waals surface area contributed by atoms with Crippen molar-refractivity contribution >= 4 is 21.9 Å². The van der Waals surface area contributed by atoms with Gasteiger partial charge in [0.1, 0.15) is 0 Å². The molecule has 0 spiro atoms. The summed E-state index contributed by atoms with van der Waals surface area (Å²) in [7, 11) is 0. The fourth-order valence-electron chi connectivity index (χ4n) is 1.49. The summed E-state index contributed by atoms with van der Waals surface area (Å²) in [6, 6.07) is 9.33. The number of fused-ring (bicyclic) bond motifs is 3. The number of hydrogen-bond acceptors (Lipinski definition) is 3. The van der Waals surface area contributed by atoms with Gasteiger partial charge in [0.2, 0.25) is 5.58 Å². The zero-order valence-electron chi connectivity index (χ0n) is 6.65. The number of rotatable bonds is 0. The Morgan fingerprint density at radius 3 is 2.54 bits per heavy atom. The minimum Gasteiger partial charge on any atom is -0.504 e. The lowest BCUT2D eigenvalue weighted by atomic mass is 10.1. The second kappa shape index (κ2) is 2.07. The standard InChI is InChI=1S/C10H6O3/c11-8-5-6-3-1-2-4-7(6)9-10(8)13-12-9/h1-5,11H. The summed E-state index contributed by atoms with van der Waals surface area (Å²) in [6.07, 6.45) is 0. The maximum atomic E-state index is 9.44. The van der Waals surface area contributed by atoms with Gasteiger partial charge in [0.15, 0.2) is 5.75 Å². The van der Waals surface area contributed by atoms with Crippen LogP contribution in [0.3, 0.4) is 0 Å². The van der Waals surface area contributed by atoms with E-state index < -0.39 is 0 Å². The van der Waals surface area contributed by atoms with Gasteiger partial charge in [0.05, 0.1) is 0 Å². The molecule has 1 heterocycles. The Kier molecular flexibility index (Phi) is 1.05. The van der Waals surface area contributed by atoms with Crippen LogP contribution in [0.25, 0.3) is 21.9 Å².